The van der Waals surface area contributed by atoms with Crippen LogP contribution >= 0.6 is 15.9 Å². The van der Waals surface area contributed by atoms with E-state index in [1.54, 1.807) is 7.11 Å². The zero-order valence-electron chi connectivity index (χ0n) is 11.6. The molecule has 0 N–H and O–H groups in total. The first-order chi connectivity index (χ1) is 9.80. The third kappa shape index (κ3) is 3.35. The van der Waals surface area contributed by atoms with Gasteiger partial charge in [-0.2, -0.15) is 0 Å². The first kappa shape index (κ1) is 14.9. The molecule has 0 spiro atoms. The Kier molecular flexibility index (Phi) is 5.50. The molecule has 1 unspecified atom stereocenters. The summed E-state index contributed by atoms with van der Waals surface area (Å²) in [5, 5.41) is 4.70. The van der Waals surface area contributed by atoms with Crippen LogP contribution in [0.3, 0.4) is 0 Å². The monoisotopic (exact) mass is 335 g/mol. The number of rotatable bonds is 6. The molecule has 0 saturated carbocycles. The molecule has 5 heteroatoms. The minimum Gasteiger partial charge on any atom is -0.496 e. The van der Waals surface area contributed by atoms with Crippen molar-refractivity contribution in [3.05, 3.63) is 45.8 Å². The summed E-state index contributed by atoms with van der Waals surface area (Å²) in [7, 11) is 1.71. The van der Waals surface area contributed by atoms with Crippen molar-refractivity contribution in [2.45, 2.75) is 31.7 Å². The van der Waals surface area contributed by atoms with Crippen LogP contribution in [-0.4, -0.2) is 18.5 Å². The van der Waals surface area contributed by atoms with Gasteiger partial charge in [0.05, 0.1) is 7.11 Å². The standard InChI is InChI=1S/C15H18BrN3O/c1-20-15-4-2-3-13-11(6-8-14(13)15)5-7-12(9-10-16)18-19-17/h2-5,12H,6-10H2,1H3/b11-5+. The lowest BCUT2D eigenvalue weighted by molar-refractivity contribution is 0.410. The molecule has 0 aliphatic heterocycles. The second kappa shape index (κ2) is 7.36. The molecule has 0 radical (unpaired) electrons. The van der Waals surface area contributed by atoms with Gasteiger partial charge in [-0.25, -0.2) is 0 Å². The molecule has 1 aliphatic carbocycles. The normalized spacial score (nSPS) is 16.6. The predicted octanol–water partition coefficient (Wildman–Crippen LogP) is 4.88. The van der Waals surface area contributed by atoms with Gasteiger partial charge in [0.15, 0.2) is 0 Å². The maximum absolute atomic E-state index is 8.59. The number of fused-ring (bicyclic) bond motifs is 1. The van der Waals surface area contributed by atoms with E-state index >= 15 is 0 Å². The second-order valence-corrected chi connectivity index (χ2v) is 5.58. The molecule has 0 amide bonds. The number of azide groups is 1. The summed E-state index contributed by atoms with van der Waals surface area (Å²) in [5.74, 6) is 0.970. The van der Waals surface area contributed by atoms with Crippen LogP contribution in [-0.2, 0) is 6.42 Å². The molecule has 1 aliphatic rings. The van der Waals surface area contributed by atoms with E-state index in [-0.39, 0.29) is 6.04 Å². The molecule has 0 fully saturated rings. The molecule has 0 heterocycles. The third-order valence-electron chi connectivity index (χ3n) is 3.64. The number of ether oxygens (including phenoxy) is 1. The summed E-state index contributed by atoms with van der Waals surface area (Å²) in [6, 6.07) is 6.21. The number of alkyl halides is 1. The van der Waals surface area contributed by atoms with Crippen molar-refractivity contribution in [3.63, 3.8) is 0 Å². The van der Waals surface area contributed by atoms with Crippen LogP contribution in [0.4, 0.5) is 0 Å². The van der Waals surface area contributed by atoms with E-state index in [1.807, 2.05) is 12.1 Å². The predicted molar refractivity (Wildman–Crippen MR) is 85.3 cm³/mol. The summed E-state index contributed by atoms with van der Waals surface area (Å²) >= 11 is 3.40. The number of halogens is 1. The molecule has 0 saturated heterocycles. The third-order valence-corrected chi connectivity index (χ3v) is 4.09. The van der Waals surface area contributed by atoms with E-state index in [9.17, 15) is 0 Å². The molecule has 0 aromatic heterocycles. The Bertz CT molecular complexity index is 550. The summed E-state index contributed by atoms with van der Waals surface area (Å²) in [5.41, 5.74) is 12.5. The lowest BCUT2D eigenvalue weighted by atomic mass is 10.0. The molecule has 2 rings (SSSR count). The van der Waals surface area contributed by atoms with E-state index in [1.165, 1.54) is 16.7 Å². The quantitative estimate of drug-likeness (QED) is 0.316. The SMILES string of the molecule is COc1cccc2c1CC/C2=C\CC(CCBr)N=[N+]=[N-]. The lowest BCUT2D eigenvalue weighted by Crippen LogP contribution is -2.02. The van der Waals surface area contributed by atoms with E-state index in [0.717, 1.165) is 36.8 Å². The fourth-order valence-electron chi connectivity index (χ4n) is 2.62. The maximum Gasteiger partial charge on any atom is 0.122 e. The van der Waals surface area contributed by atoms with E-state index in [0.29, 0.717) is 0 Å². The van der Waals surface area contributed by atoms with Gasteiger partial charge in [-0.3, -0.25) is 0 Å². The molecule has 106 valence electrons. The van der Waals surface area contributed by atoms with Crippen LogP contribution in [0.2, 0.25) is 0 Å². The van der Waals surface area contributed by atoms with E-state index < -0.39 is 0 Å². The van der Waals surface area contributed by atoms with Gasteiger partial charge in [-0.1, -0.05) is 39.3 Å². The average Bonchev–Trinajstić information content (AvgIpc) is 2.88. The number of benzene rings is 1. The highest BCUT2D eigenvalue weighted by Gasteiger charge is 2.19. The van der Waals surface area contributed by atoms with Crippen LogP contribution in [0.15, 0.2) is 29.4 Å². The number of allylic oxidation sites excluding steroid dienone is 1. The fourth-order valence-corrected chi connectivity index (χ4v) is 3.15. The van der Waals surface area contributed by atoms with Crippen LogP contribution in [0.5, 0.6) is 5.75 Å². The lowest BCUT2D eigenvalue weighted by Gasteiger charge is -2.08. The first-order valence-corrected chi connectivity index (χ1v) is 7.87. The summed E-state index contributed by atoms with van der Waals surface area (Å²) in [4.78, 5) is 2.93. The highest BCUT2D eigenvalue weighted by molar-refractivity contribution is 9.09. The highest BCUT2D eigenvalue weighted by atomic mass is 79.9. The van der Waals surface area contributed by atoms with Crippen LogP contribution in [0, 0.1) is 0 Å². The van der Waals surface area contributed by atoms with Crippen molar-refractivity contribution in [1.29, 1.82) is 0 Å². The zero-order valence-corrected chi connectivity index (χ0v) is 13.1. The van der Waals surface area contributed by atoms with Crippen molar-refractivity contribution in [3.8, 4) is 5.75 Å². The van der Waals surface area contributed by atoms with E-state index in [4.69, 9.17) is 10.3 Å². The van der Waals surface area contributed by atoms with Gasteiger partial charge in [-0.05, 0) is 48.4 Å². The Morgan fingerprint density at radius 1 is 1.50 bits per heavy atom. The van der Waals surface area contributed by atoms with Crippen molar-refractivity contribution in [2.75, 3.05) is 12.4 Å². The molecule has 1 aromatic rings. The van der Waals surface area contributed by atoms with Crippen molar-refractivity contribution in [2.24, 2.45) is 5.11 Å². The van der Waals surface area contributed by atoms with E-state index in [2.05, 4.69) is 38.1 Å². The number of hydrogen-bond acceptors (Lipinski definition) is 2. The topological polar surface area (TPSA) is 58.0 Å². The molecule has 1 aromatic carbocycles. The minimum atomic E-state index is 0.0292. The number of methoxy groups -OCH3 is 1. The zero-order chi connectivity index (χ0) is 14.4. The smallest absolute Gasteiger partial charge is 0.122 e. The maximum atomic E-state index is 8.59. The molecular weight excluding hydrogens is 318 g/mol. The average molecular weight is 336 g/mol. The first-order valence-electron chi connectivity index (χ1n) is 6.75. The summed E-state index contributed by atoms with van der Waals surface area (Å²) < 4.78 is 5.41. The van der Waals surface area contributed by atoms with Gasteiger partial charge < -0.3 is 4.74 Å². The summed E-state index contributed by atoms with van der Waals surface area (Å²) in [6.07, 6.45) is 5.93. The van der Waals surface area contributed by atoms with Crippen molar-refractivity contribution >= 4 is 21.5 Å². The summed E-state index contributed by atoms with van der Waals surface area (Å²) in [6.45, 7) is 0. The highest BCUT2D eigenvalue weighted by Crippen LogP contribution is 2.37. The van der Waals surface area contributed by atoms with Gasteiger partial charge in [0.1, 0.15) is 5.75 Å². The molecule has 1 atom stereocenters. The van der Waals surface area contributed by atoms with Crippen LogP contribution in [0.25, 0.3) is 16.0 Å². The molecule has 0 bridgehead atoms. The number of hydrogen-bond donors (Lipinski definition) is 0. The Morgan fingerprint density at radius 2 is 2.35 bits per heavy atom. The molecular formula is C15H18BrN3O. The molecule has 20 heavy (non-hydrogen) atoms. The number of nitrogens with zero attached hydrogens (tertiary/aromatic N) is 3. The van der Waals surface area contributed by atoms with Crippen molar-refractivity contribution < 1.29 is 4.74 Å². The largest absolute Gasteiger partial charge is 0.496 e. The Hall–Kier alpha value is -1.45. The van der Waals surface area contributed by atoms with Gasteiger partial charge in [-0.15, -0.1) is 0 Å². The molecule has 4 nitrogen and oxygen atoms in total. The van der Waals surface area contributed by atoms with Crippen LogP contribution in [0.1, 0.15) is 30.4 Å². The Morgan fingerprint density at radius 3 is 3.05 bits per heavy atom. The second-order valence-electron chi connectivity index (χ2n) is 4.79. The van der Waals surface area contributed by atoms with Crippen LogP contribution < -0.4 is 4.74 Å². The fraction of sp³-hybridized carbons (Fsp3) is 0.467. The van der Waals surface area contributed by atoms with Gasteiger partial charge in [0, 0.05) is 21.8 Å². The van der Waals surface area contributed by atoms with Gasteiger partial charge in [0.2, 0.25) is 0 Å². The van der Waals surface area contributed by atoms with Gasteiger partial charge >= 0.3 is 0 Å². The Labute approximate surface area is 127 Å². The Balaban J connectivity index is 2.16. The van der Waals surface area contributed by atoms with Gasteiger partial charge in [0.25, 0.3) is 0 Å². The minimum absolute atomic E-state index is 0.0292. The van der Waals surface area contributed by atoms with Crippen molar-refractivity contribution in [1.82, 2.24) is 0 Å².